The Morgan fingerprint density at radius 1 is 1.40 bits per heavy atom. The second kappa shape index (κ2) is 4.04. The molecule has 0 aliphatic heterocycles. The first-order chi connectivity index (χ1) is 7.18. The Balaban J connectivity index is 2.36. The summed E-state index contributed by atoms with van der Waals surface area (Å²) in [6, 6.07) is 7.22. The van der Waals surface area contributed by atoms with Crippen LogP contribution in [0.1, 0.15) is 17.4 Å². The van der Waals surface area contributed by atoms with Gasteiger partial charge in [-0.3, -0.25) is 0 Å². The molecule has 1 atom stereocenters. The van der Waals surface area contributed by atoms with Crippen molar-refractivity contribution in [2.45, 2.75) is 6.10 Å². The number of rotatable bonds is 2. The van der Waals surface area contributed by atoms with Gasteiger partial charge in [0.05, 0.1) is 12.0 Å². The van der Waals surface area contributed by atoms with E-state index in [9.17, 15) is 5.11 Å². The lowest BCUT2D eigenvalue weighted by atomic mass is 10.1. The molecule has 2 aromatic rings. The topological polar surface area (TPSA) is 38.0 Å². The Bertz CT molecular complexity index is 467. The van der Waals surface area contributed by atoms with Crippen molar-refractivity contribution in [2.24, 2.45) is 7.05 Å². The SMILES string of the molecule is Cn1cnc(C(O)c2ccccc2Cl)c1. The first-order valence-corrected chi connectivity index (χ1v) is 4.96. The van der Waals surface area contributed by atoms with Gasteiger partial charge in [-0.25, -0.2) is 4.98 Å². The van der Waals surface area contributed by atoms with Gasteiger partial charge in [-0.2, -0.15) is 0 Å². The molecule has 1 heterocycles. The van der Waals surface area contributed by atoms with Crippen molar-refractivity contribution in [3.63, 3.8) is 0 Å². The Labute approximate surface area is 93.0 Å². The van der Waals surface area contributed by atoms with Crippen molar-refractivity contribution in [3.8, 4) is 0 Å². The van der Waals surface area contributed by atoms with Crippen molar-refractivity contribution < 1.29 is 5.11 Å². The van der Waals surface area contributed by atoms with Crippen LogP contribution in [-0.2, 0) is 7.05 Å². The molecule has 0 aliphatic rings. The van der Waals surface area contributed by atoms with E-state index in [0.29, 0.717) is 16.3 Å². The second-order valence-electron chi connectivity index (χ2n) is 3.39. The van der Waals surface area contributed by atoms with Gasteiger partial charge in [-0.1, -0.05) is 29.8 Å². The number of nitrogens with zero attached hydrogens (tertiary/aromatic N) is 2. The van der Waals surface area contributed by atoms with Crippen molar-refractivity contribution in [2.75, 3.05) is 0 Å². The smallest absolute Gasteiger partial charge is 0.124 e. The molecule has 4 heteroatoms. The van der Waals surface area contributed by atoms with Crippen LogP contribution in [0.25, 0.3) is 0 Å². The summed E-state index contributed by atoms with van der Waals surface area (Å²) in [5, 5.41) is 10.6. The van der Waals surface area contributed by atoms with Crippen LogP contribution in [-0.4, -0.2) is 14.7 Å². The summed E-state index contributed by atoms with van der Waals surface area (Å²) in [6.45, 7) is 0. The maximum Gasteiger partial charge on any atom is 0.124 e. The van der Waals surface area contributed by atoms with Gasteiger partial charge in [-0.05, 0) is 6.07 Å². The van der Waals surface area contributed by atoms with Crippen LogP contribution < -0.4 is 0 Å². The maximum absolute atomic E-state index is 10.0. The fourth-order valence-corrected chi connectivity index (χ4v) is 1.67. The molecule has 0 saturated carbocycles. The predicted molar refractivity (Wildman–Crippen MR) is 58.7 cm³/mol. The largest absolute Gasteiger partial charge is 0.382 e. The number of hydrogen-bond donors (Lipinski definition) is 1. The van der Waals surface area contributed by atoms with E-state index in [0.717, 1.165) is 0 Å². The number of benzene rings is 1. The van der Waals surface area contributed by atoms with E-state index in [1.807, 2.05) is 19.2 Å². The number of aliphatic hydroxyl groups is 1. The molecule has 1 unspecified atom stereocenters. The van der Waals surface area contributed by atoms with Gasteiger partial charge >= 0.3 is 0 Å². The van der Waals surface area contributed by atoms with Gasteiger partial charge in [0, 0.05) is 23.8 Å². The minimum Gasteiger partial charge on any atom is -0.382 e. The van der Waals surface area contributed by atoms with Gasteiger partial charge in [0.2, 0.25) is 0 Å². The van der Waals surface area contributed by atoms with E-state index in [-0.39, 0.29) is 0 Å². The highest BCUT2D eigenvalue weighted by Crippen LogP contribution is 2.26. The van der Waals surface area contributed by atoms with Crippen LogP contribution in [0.3, 0.4) is 0 Å². The molecule has 0 amide bonds. The summed E-state index contributed by atoms with van der Waals surface area (Å²) in [6.07, 6.45) is 2.66. The van der Waals surface area contributed by atoms with Crippen LogP contribution in [0.15, 0.2) is 36.8 Å². The third kappa shape index (κ3) is 2.03. The summed E-state index contributed by atoms with van der Waals surface area (Å²) in [4.78, 5) is 4.09. The lowest BCUT2D eigenvalue weighted by Gasteiger charge is -2.09. The van der Waals surface area contributed by atoms with Crippen molar-refractivity contribution >= 4 is 11.6 Å². The molecule has 0 bridgehead atoms. The van der Waals surface area contributed by atoms with E-state index in [1.54, 1.807) is 29.2 Å². The van der Waals surface area contributed by atoms with Gasteiger partial charge in [-0.15, -0.1) is 0 Å². The predicted octanol–water partition coefficient (Wildman–Crippen LogP) is 2.16. The van der Waals surface area contributed by atoms with E-state index in [4.69, 9.17) is 11.6 Å². The molecule has 0 spiro atoms. The summed E-state index contributed by atoms with van der Waals surface area (Å²) in [5.41, 5.74) is 1.28. The minimum atomic E-state index is -0.764. The highest BCUT2D eigenvalue weighted by atomic mass is 35.5. The number of halogens is 1. The zero-order chi connectivity index (χ0) is 10.8. The summed E-state index contributed by atoms with van der Waals surface area (Å²) < 4.78 is 1.79. The molecule has 0 aliphatic carbocycles. The molecule has 0 fully saturated rings. The monoisotopic (exact) mass is 222 g/mol. The average molecular weight is 223 g/mol. The quantitative estimate of drug-likeness (QED) is 0.846. The number of aliphatic hydroxyl groups excluding tert-OH is 1. The molecular formula is C11H11ClN2O. The van der Waals surface area contributed by atoms with Gasteiger partial charge in [0.15, 0.2) is 0 Å². The van der Waals surface area contributed by atoms with Crippen LogP contribution in [0.2, 0.25) is 5.02 Å². The fourth-order valence-electron chi connectivity index (χ4n) is 1.43. The summed E-state index contributed by atoms with van der Waals surface area (Å²) in [7, 11) is 1.86. The fraction of sp³-hybridized carbons (Fsp3) is 0.182. The van der Waals surface area contributed by atoms with Crippen LogP contribution >= 0.6 is 11.6 Å². The summed E-state index contributed by atoms with van der Waals surface area (Å²) in [5.74, 6) is 0. The van der Waals surface area contributed by atoms with Crippen molar-refractivity contribution in [3.05, 3.63) is 53.1 Å². The Morgan fingerprint density at radius 3 is 2.73 bits per heavy atom. The van der Waals surface area contributed by atoms with Crippen molar-refractivity contribution in [1.82, 2.24) is 9.55 Å². The molecule has 3 nitrogen and oxygen atoms in total. The third-order valence-electron chi connectivity index (χ3n) is 2.20. The first-order valence-electron chi connectivity index (χ1n) is 4.59. The maximum atomic E-state index is 10.0. The molecule has 15 heavy (non-hydrogen) atoms. The van der Waals surface area contributed by atoms with Crippen molar-refractivity contribution in [1.29, 1.82) is 0 Å². The molecule has 1 aromatic carbocycles. The lowest BCUT2D eigenvalue weighted by molar-refractivity contribution is 0.216. The Kier molecular flexibility index (Phi) is 2.75. The van der Waals surface area contributed by atoms with Gasteiger partial charge < -0.3 is 9.67 Å². The zero-order valence-corrected chi connectivity index (χ0v) is 9.02. The van der Waals surface area contributed by atoms with Crippen LogP contribution in [0.5, 0.6) is 0 Å². The minimum absolute atomic E-state index is 0.552. The zero-order valence-electron chi connectivity index (χ0n) is 8.26. The normalized spacial score (nSPS) is 12.7. The molecule has 1 N–H and O–H groups in total. The third-order valence-corrected chi connectivity index (χ3v) is 2.55. The van der Waals surface area contributed by atoms with Gasteiger partial charge in [0.1, 0.15) is 6.10 Å². The number of hydrogen-bond acceptors (Lipinski definition) is 2. The van der Waals surface area contributed by atoms with E-state index < -0.39 is 6.10 Å². The first kappa shape index (κ1) is 10.2. The number of imidazole rings is 1. The number of aryl methyl sites for hydroxylation is 1. The average Bonchev–Trinajstić information content (AvgIpc) is 2.65. The molecule has 0 saturated heterocycles. The summed E-state index contributed by atoms with van der Waals surface area (Å²) >= 11 is 5.98. The lowest BCUT2D eigenvalue weighted by Crippen LogP contribution is -2.00. The van der Waals surface area contributed by atoms with Gasteiger partial charge in [0.25, 0.3) is 0 Å². The highest BCUT2D eigenvalue weighted by Gasteiger charge is 2.15. The molecule has 78 valence electrons. The molecular weight excluding hydrogens is 212 g/mol. The molecule has 0 radical (unpaired) electrons. The second-order valence-corrected chi connectivity index (χ2v) is 3.80. The highest BCUT2D eigenvalue weighted by molar-refractivity contribution is 6.31. The van der Waals surface area contributed by atoms with E-state index in [2.05, 4.69) is 4.98 Å². The number of aromatic nitrogens is 2. The standard InChI is InChI=1S/C11H11ClN2O/c1-14-6-10(13-7-14)11(15)8-4-2-3-5-9(8)12/h2-7,11,15H,1H3. The van der Waals surface area contributed by atoms with Crippen LogP contribution in [0, 0.1) is 0 Å². The van der Waals surface area contributed by atoms with E-state index in [1.165, 1.54) is 0 Å². The van der Waals surface area contributed by atoms with E-state index >= 15 is 0 Å². The molecule has 1 aromatic heterocycles. The van der Waals surface area contributed by atoms with Crippen LogP contribution in [0.4, 0.5) is 0 Å². The Morgan fingerprint density at radius 2 is 2.13 bits per heavy atom. The Hall–Kier alpha value is -1.32. The molecule has 2 rings (SSSR count).